The van der Waals surface area contributed by atoms with Crippen LogP contribution in [0, 0.1) is 0 Å². The smallest absolute Gasteiger partial charge is 0.107 e. The van der Waals surface area contributed by atoms with Crippen LogP contribution < -0.4 is 5.32 Å². The summed E-state index contributed by atoms with van der Waals surface area (Å²) in [7, 11) is 2.15. The first kappa shape index (κ1) is 13.6. The van der Waals surface area contributed by atoms with Crippen molar-refractivity contribution >= 4 is 11.3 Å². The zero-order chi connectivity index (χ0) is 12.0. The van der Waals surface area contributed by atoms with E-state index in [-0.39, 0.29) is 0 Å². The van der Waals surface area contributed by atoms with Gasteiger partial charge in [-0.05, 0) is 20.0 Å². The monoisotopic (exact) mass is 241 g/mol. The van der Waals surface area contributed by atoms with Crippen LogP contribution in [0.1, 0.15) is 37.9 Å². The van der Waals surface area contributed by atoms with Gasteiger partial charge in [0.2, 0.25) is 0 Å². The van der Waals surface area contributed by atoms with Crippen molar-refractivity contribution in [2.75, 3.05) is 13.6 Å². The number of nitrogens with zero attached hydrogens (tertiary/aromatic N) is 2. The molecule has 1 rings (SSSR count). The second-order valence-electron chi connectivity index (χ2n) is 4.51. The minimum absolute atomic E-state index is 0.523. The molecule has 1 N–H and O–H groups in total. The molecule has 0 bridgehead atoms. The first-order valence-electron chi connectivity index (χ1n) is 5.97. The van der Waals surface area contributed by atoms with Crippen molar-refractivity contribution in [1.29, 1.82) is 0 Å². The second-order valence-corrected chi connectivity index (χ2v) is 5.45. The van der Waals surface area contributed by atoms with E-state index < -0.39 is 0 Å². The fourth-order valence-electron chi connectivity index (χ4n) is 1.53. The number of aromatic nitrogens is 1. The quantitative estimate of drug-likeness (QED) is 0.795. The van der Waals surface area contributed by atoms with Crippen LogP contribution in [0.2, 0.25) is 0 Å². The van der Waals surface area contributed by atoms with Crippen LogP contribution in [-0.4, -0.2) is 29.5 Å². The average molecular weight is 241 g/mol. The van der Waals surface area contributed by atoms with Gasteiger partial charge in [-0.1, -0.05) is 20.8 Å². The van der Waals surface area contributed by atoms with Crippen molar-refractivity contribution in [2.45, 2.75) is 46.3 Å². The SMILES string of the molecule is CCCN(C)Cc1csc(CNC(C)C)n1. The van der Waals surface area contributed by atoms with E-state index in [2.05, 4.69) is 48.4 Å². The lowest BCUT2D eigenvalue weighted by atomic mass is 10.4. The maximum absolute atomic E-state index is 4.62. The summed E-state index contributed by atoms with van der Waals surface area (Å²) in [4.78, 5) is 6.93. The molecular weight excluding hydrogens is 218 g/mol. The van der Waals surface area contributed by atoms with Crippen LogP contribution in [-0.2, 0) is 13.1 Å². The maximum Gasteiger partial charge on any atom is 0.107 e. The van der Waals surface area contributed by atoms with Crippen molar-refractivity contribution in [3.8, 4) is 0 Å². The molecule has 0 atom stereocenters. The second kappa shape index (κ2) is 6.99. The van der Waals surface area contributed by atoms with Gasteiger partial charge in [0.25, 0.3) is 0 Å². The highest BCUT2D eigenvalue weighted by Crippen LogP contribution is 2.11. The number of hydrogen-bond acceptors (Lipinski definition) is 4. The molecule has 0 aliphatic carbocycles. The van der Waals surface area contributed by atoms with Crippen LogP contribution in [0.5, 0.6) is 0 Å². The van der Waals surface area contributed by atoms with E-state index in [1.165, 1.54) is 17.1 Å². The highest BCUT2D eigenvalue weighted by molar-refractivity contribution is 7.09. The van der Waals surface area contributed by atoms with Crippen LogP contribution in [0.25, 0.3) is 0 Å². The number of thiazole rings is 1. The Kier molecular flexibility index (Phi) is 5.95. The van der Waals surface area contributed by atoms with E-state index in [9.17, 15) is 0 Å². The molecule has 3 nitrogen and oxygen atoms in total. The van der Waals surface area contributed by atoms with E-state index in [0.29, 0.717) is 6.04 Å². The van der Waals surface area contributed by atoms with Crippen molar-refractivity contribution in [2.24, 2.45) is 0 Å². The number of rotatable bonds is 7. The molecule has 92 valence electrons. The van der Waals surface area contributed by atoms with Crippen LogP contribution >= 0.6 is 11.3 Å². The summed E-state index contributed by atoms with van der Waals surface area (Å²) in [6, 6.07) is 0.523. The molecule has 0 aromatic carbocycles. The van der Waals surface area contributed by atoms with Crippen LogP contribution in [0.3, 0.4) is 0 Å². The molecule has 0 radical (unpaired) electrons. The van der Waals surface area contributed by atoms with Gasteiger partial charge < -0.3 is 10.2 Å². The van der Waals surface area contributed by atoms with Crippen molar-refractivity contribution in [3.05, 3.63) is 16.1 Å². The van der Waals surface area contributed by atoms with Crippen LogP contribution in [0.15, 0.2) is 5.38 Å². The minimum Gasteiger partial charge on any atom is -0.308 e. The molecule has 0 spiro atoms. The van der Waals surface area contributed by atoms with Gasteiger partial charge in [0, 0.05) is 24.5 Å². The Hall–Kier alpha value is -0.450. The fourth-order valence-corrected chi connectivity index (χ4v) is 2.27. The third-order valence-electron chi connectivity index (χ3n) is 2.30. The molecule has 0 unspecified atom stereocenters. The molecule has 1 heterocycles. The summed E-state index contributed by atoms with van der Waals surface area (Å²) >= 11 is 1.75. The summed E-state index contributed by atoms with van der Waals surface area (Å²) in [5.74, 6) is 0. The predicted molar refractivity (Wildman–Crippen MR) is 70.7 cm³/mol. The molecule has 16 heavy (non-hydrogen) atoms. The zero-order valence-corrected chi connectivity index (χ0v) is 11.6. The van der Waals surface area contributed by atoms with Crippen molar-refractivity contribution < 1.29 is 0 Å². The van der Waals surface area contributed by atoms with Crippen molar-refractivity contribution in [1.82, 2.24) is 15.2 Å². The standard InChI is InChI=1S/C12H23N3S/c1-5-6-15(4)8-11-9-16-12(14-11)7-13-10(2)3/h9-10,13H,5-8H2,1-4H3. The van der Waals surface area contributed by atoms with E-state index >= 15 is 0 Å². The normalized spacial score (nSPS) is 11.6. The first-order chi connectivity index (χ1) is 7.61. The van der Waals surface area contributed by atoms with Gasteiger partial charge in [0.15, 0.2) is 0 Å². The Balaban J connectivity index is 2.39. The van der Waals surface area contributed by atoms with Gasteiger partial charge >= 0.3 is 0 Å². The number of nitrogens with one attached hydrogen (secondary N) is 1. The highest BCUT2D eigenvalue weighted by Gasteiger charge is 2.05. The molecule has 0 fully saturated rings. The summed E-state index contributed by atoms with van der Waals surface area (Å²) in [5.41, 5.74) is 1.20. The first-order valence-corrected chi connectivity index (χ1v) is 6.85. The van der Waals surface area contributed by atoms with E-state index in [1.807, 2.05) is 0 Å². The lowest BCUT2D eigenvalue weighted by Gasteiger charge is -2.13. The Morgan fingerprint density at radius 2 is 2.25 bits per heavy atom. The lowest BCUT2D eigenvalue weighted by molar-refractivity contribution is 0.324. The van der Waals surface area contributed by atoms with E-state index in [4.69, 9.17) is 0 Å². The number of hydrogen-bond donors (Lipinski definition) is 1. The molecule has 0 aliphatic heterocycles. The van der Waals surface area contributed by atoms with Gasteiger partial charge in [-0.2, -0.15) is 0 Å². The maximum atomic E-state index is 4.62. The summed E-state index contributed by atoms with van der Waals surface area (Å²) in [6.07, 6.45) is 1.20. The zero-order valence-electron chi connectivity index (χ0n) is 10.8. The summed E-state index contributed by atoms with van der Waals surface area (Å²) in [5, 5.41) is 6.75. The molecule has 0 saturated carbocycles. The largest absolute Gasteiger partial charge is 0.308 e. The average Bonchev–Trinajstić information content (AvgIpc) is 2.63. The van der Waals surface area contributed by atoms with Crippen molar-refractivity contribution in [3.63, 3.8) is 0 Å². The topological polar surface area (TPSA) is 28.2 Å². The van der Waals surface area contributed by atoms with Gasteiger partial charge in [0.1, 0.15) is 5.01 Å². The van der Waals surface area contributed by atoms with Crippen LogP contribution in [0.4, 0.5) is 0 Å². The van der Waals surface area contributed by atoms with Gasteiger partial charge in [-0.3, -0.25) is 0 Å². The lowest BCUT2D eigenvalue weighted by Crippen LogP contribution is -2.22. The van der Waals surface area contributed by atoms with Gasteiger partial charge in [-0.25, -0.2) is 4.98 Å². The molecule has 0 aliphatic rings. The minimum atomic E-state index is 0.523. The Morgan fingerprint density at radius 1 is 1.50 bits per heavy atom. The molecule has 1 aromatic heterocycles. The Bertz CT molecular complexity index is 296. The van der Waals surface area contributed by atoms with E-state index in [0.717, 1.165) is 19.6 Å². The van der Waals surface area contributed by atoms with E-state index in [1.54, 1.807) is 11.3 Å². The predicted octanol–water partition coefficient (Wildman–Crippen LogP) is 2.48. The molecule has 0 amide bonds. The fraction of sp³-hybridized carbons (Fsp3) is 0.750. The third kappa shape index (κ3) is 5.05. The third-order valence-corrected chi connectivity index (χ3v) is 3.20. The molecule has 0 saturated heterocycles. The molecule has 1 aromatic rings. The Labute approximate surface area is 103 Å². The Morgan fingerprint density at radius 3 is 2.88 bits per heavy atom. The molecule has 4 heteroatoms. The molecular formula is C12H23N3S. The summed E-state index contributed by atoms with van der Waals surface area (Å²) in [6.45, 7) is 9.51. The van der Waals surface area contributed by atoms with Gasteiger partial charge in [-0.15, -0.1) is 11.3 Å². The van der Waals surface area contributed by atoms with Gasteiger partial charge in [0.05, 0.1) is 5.69 Å². The highest BCUT2D eigenvalue weighted by atomic mass is 32.1. The summed E-state index contributed by atoms with van der Waals surface area (Å²) < 4.78 is 0.